The molecule has 124 valence electrons. The van der Waals surface area contributed by atoms with Gasteiger partial charge in [-0.05, 0) is 39.8 Å². The van der Waals surface area contributed by atoms with Crippen molar-refractivity contribution in [3.05, 3.63) is 0 Å². The highest BCUT2D eigenvalue weighted by atomic mass is 16.5. The number of amides is 1. The molecule has 0 unspecified atom stereocenters. The molecule has 1 heterocycles. The van der Waals surface area contributed by atoms with Crippen LogP contribution < -0.4 is 5.32 Å². The number of carbonyl (C=O) groups excluding carboxylic acids is 1. The van der Waals surface area contributed by atoms with Gasteiger partial charge in [-0.2, -0.15) is 0 Å². The van der Waals surface area contributed by atoms with Crippen LogP contribution in [0.25, 0.3) is 0 Å². The molecule has 6 heteroatoms. The van der Waals surface area contributed by atoms with E-state index >= 15 is 0 Å². The van der Waals surface area contributed by atoms with E-state index in [1.165, 1.54) is 0 Å². The van der Waals surface area contributed by atoms with Gasteiger partial charge >= 0.3 is 0 Å². The zero-order valence-electron chi connectivity index (χ0n) is 13.4. The van der Waals surface area contributed by atoms with Crippen molar-refractivity contribution in [1.29, 1.82) is 0 Å². The second-order valence-corrected chi connectivity index (χ2v) is 5.03. The van der Waals surface area contributed by atoms with Crippen LogP contribution in [0.1, 0.15) is 26.7 Å². The molecule has 0 aliphatic carbocycles. The zero-order chi connectivity index (χ0) is 15.3. The molecule has 0 atom stereocenters. The van der Waals surface area contributed by atoms with E-state index in [-0.39, 0.29) is 18.6 Å². The molecule has 1 amide bonds. The maximum Gasteiger partial charge on any atom is 0.248 e. The minimum absolute atomic E-state index is 0.0212. The first-order chi connectivity index (χ1) is 10.3. The van der Waals surface area contributed by atoms with Crippen LogP contribution in [0.3, 0.4) is 0 Å². The van der Waals surface area contributed by atoms with E-state index in [4.69, 9.17) is 14.2 Å². The van der Waals surface area contributed by atoms with Crippen molar-refractivity contribution in [2.75, 3.05) is 59.2 Å². The van der Waals surface area contributed by atoms with Gasteiger partial charge in [-0.15, -0.1) is 0 Å². The topological polar surface area (TPSA) is 60.0 Å². The van der Waals surface area contributed by atoms with Crippen molar-refractivity contribution in [3.63, 3.8) is 0 Å². The Labute approximate surface area is 128 Å². The minimum Gasteiger partial charge on any atom is -0.380 e. The average Bonchev–Trinajstić information content (AvgIpc) is 2.52. The number of piperidine rings is 1. The number of nitrogens with one attached hydrogen (secondary N) is 1. The van der Waals surface area contributed by atoms with Gasteiger partial charge in [0.05, 0.1) is 19.3 Å². The summed E-state index contributed by atoms with van der Waals surface area (Å²) in [6.07, 6.45) is 2.16. The van der Waals surface area contributed by atoms with Gasteiger partial charge in [0.15, 0.2) is 0 Å². The first-order valence-corrected chi connectivity index (χ1v) is 8.03. The molecule has 1 rings (SSSR count). The third-order valence-electron chi connectivity index (χ3n) is 3.50. The van der Waals surface area contributed by atoms with Crippen LogP contribution in [0.4, 0.5) is 0 Å². The number of nitrogens with zero attached hydrogens (tertiary/aromatic N) is 1. The predicted octanol–water partition coefficient (Wildman–Crippen LogP) is 0.657. The Morgan fingerprint density at radius 1 is 1.10 bits per heavy atom. The number of hydrogen-bond donors (Lipinski definition) is 1. The van der Waals surface area contributed by atoms with Gasteiger partial charge in [-0.1, -0.05) is 0 Å². The molecule has 6 nitrogen and oxygen atoms in total. The molecular weight excluding hydrogens is 272 g/mol. The van der Waals surface area contributed by atoms with Gasteiger partial charge in [-0.25, -0.2) is 0 Å². The van der Waals surface area contributed by atoms with E-state index in [0.29, 0.717) is 39.5 Å². The highest BCUT2D eigenvalue weighted by molar-refractivity contribution is 5.77. The van der Waals surface area contributed by atoms with Gasteiger partial charge in [-0.3, -0.25) is 4.79 Å². The Hall–Kier alpha value is -0.690. The van der Waals surface area contributed by atoms with Crippen molar-refractivity contribution < 1.29 is 19.0 Å². The van der Waals surface area contributed by atoms with Gasteiger partial charge in [0.25, 0.3) is 0 Å². The van der Waals surface area contributed by atoms with Crippen LogP contribution in [0.15, 0.2) is 0 Å². The summed E-state index contributed by atoms with van der Waals surface area (Å²) in [5, 5.41) is 3.29. The van der Waals surface area contributed by atoms with Crippen molar-refractivity contribution in [3.8, 4) is 0 Å². The van der Waals surface area contributed by atoms with Gasteiger partial charge in [0, 0.05) is 26.3 Å². The largest absolute Gasteiger partial charge is 0.380 e. The van der Waals surface area contributed by atoms with Gasteiger partial charge in [0.2, 0.25) is 5.91 Å². The minimum atomic E-state index is 0.0212. The number of hydrogen-bond acceptors (Lipinski definition) is 5. The lowest BCUT2D eigenvalue weighted by atomic mass is 10.1. The second-order valence-electron chi connectivity index (χ2n) is 5.03. The predicted molar refractivity (Wildman–Crippen MR) is 81.4 cm³/mol. The Bertz CT molecular complexity index is 260. The lowest BCUT2D eigenvalue weighted by Gasteiger charge is -2.26. The lowest BCUT2D eigenvalue weighted by Crippen LogP contribution is -2.41. The molecule has 0 aromatic carbocycles. The molecule has 1 N–H and O–H groups in total. The fourth-order valence-corrected chi connectivity index (χ4v) is 2.24. The van der Waals surface area contributed by atoms with Crippen LogP contribution in [0.2, 0.25) is 0 Å². The summed E-state index contributed by atoms with van der Waals surface area (Å²) >= 11 is 0. The summed E-state index contributed by atoms with van der Waals surface area (Å²) < 4.78 is 16.4. The van der Waals surface area contributed by atoms with E-state index in [1.807, 2.05) is 13.8 Å². The van der Waals surface area contributed by atoms with Crippen LogP contribution in [0, 0.1) is 0 Å². The molecule has 1 aliphatic heterocycles. The molecule has 0 saturated carbocycles. The SMILES string of the molecule is CCOCCN(CCOCC)C(=O)COC1CCNCC1. The molecule has 1 fully saturated rings. The second kappa shape index (κ2) is 11.9. The average molecular weight is 302 g/mol. The first-order valence-electron chi connectivity index (χ1n) is 8.03. The number of carbonyl (C=O) groups is 1. The zero-order valence-corrected chi connectivity index (χ0v) is 13.4. The summed E-state index contributed by atoms with van der Waals surface area (Å²) in [5.41, 5.74) is 0. The molecule has 0 aromatic rings. The van der Waals surface area contributed by atoms with Crippen molar-refractivity contribution in [1.82, 2.24) is 10.2 Å². The van der Waals surface area contributed by atoms with E-state index in [9.17, 15) is 4.79 Å². The van der Waals surface area contributed by atoms with E-state index in [1.54, 1.807) is 4.90 Å². The third kappa shape index (κ3) is 8.36. The molecule has 0 radical (unpaired) electrons. The molecule has 0 bridgehead atoms. The van der Waals surface area contributed by atoms with Gasteiger partial charge in [0.1, 0.15) is 6.61 Å². The van der Waals surface area contributed by atoms with E-state index in [0.717, 1.165) is 25.9 Å². The van der Waals surface area contributed by atoms with Crippen LogP contribution in [0.5, 0.6) is 0 Å². The molecule has 1 saturated heterocycles. The molecule has 21 heavy (non-hydrogen) atoms. The third-order valence-corrected chi connectivity index (χ3v) is 3.50. The van der Waals surface area contributed by atoms with Crippen LogP contribution in [-0.2, 0) is 19.0 Å². The molecular formula is C15H30N2O4. The van der Waals surface area contributed by atoms with Gasteiger partial charge < -0.3 is 24.4 Å². The summed E-state index contributed by atoms with van der Waals surface area (Å²) in [7, 11) is 0. The lowest BCUT2D eigenvalue weighted by molar-refractivity contribution is -0.140. The fourth-order valence-electron chi connectivity index (χ4n) is 2.24. The fraction of sp³-hybridized carbons (Fsp3) is 0.933. The maximum absolute atomic E-state index is 12.2. The monoisotopic (exact) mass is 302 g/mol. The van der Waals surface area contributed by atoms with Crippen LogP contribution >= 0.6 is 0 Å². The summed E-state index contributed by atoms with van der Waals surface area (Å²) in [5.74, 6) is 0.0212. The number of rotatable bonds is 11. The molecule has 0 spiro atoms. The van der Waals surface area contributed by atoms with Crippen LogP contribution in [-0.4, -0.2) is 76.1 Å². The summed E-state index contributed by atoms with van der Waals surface area (Å²) in [6, 6.07) is 0. The standard InChI is InChI=1S/C15H30N2O4/c1-3-19-11-9-17(10-12-20-4-2)15(18)13-21-14-5-7-16-8-6-14/h14,16H,3-13H2,1-2H3. The van der Waals surface area contributed by atoms with Crippen molar-refractivity contribution >= 4 is 5.91 Å². The highest BCUT2D eigenvalue weighted by Crippen LogP contribution is 2.07. The first kappa shape index (κ1) is 18.4. The Kier molecular flexibility index (Phi) is 10.4. The normalized spacial score (nSPS) is 16.1. The summed E-state index contributed by atoms with van der Waals surface area (Å²) in [4.78, 5) is 14.0. The number of ether oxygens (including phenoxy) is 3. The van der Waals surface area contributed by atoms with Crippen molar-refractivity contribution in [2.45, 2.75) is 32.8 Å². The van der Waals surface area contributed by atoms with Crippen molar-refractivity contribution in [2.24, 2.45) is 0 Å². The van der Waals surface area contributed by atoms with E-state index < -0.39 is 0 Å². The Morgan fingerprint density at radius 3 is 2.19 bits per heavy atom. The smallest absolute Gasteiger partial charge is 0.248 e. The highest BCUT2D eigenvalue weighted by Gasteiger charge is 2.18. The quantitative estimate of drug-likeness (QED) is 0.568. The molecule has 1 aliphatic rings. The summed E-state index contributed by atoms with van der Waals surface area (Å²) in [6.45, 7) is 9.63. The molecule has 0 aromatic heterocycles. The Morgan fingerprint density at radius 2 is 1.67 bits per heavy atom. The van der Waals surface area contributed by atoms with E-state index in [2.05, 4.69) is 5.32 Å². The Balaban J connectivity index is 2.29. The maximum atomic E-state index is 12.2.